The summed E-state index contributed by atoms with van der Waals surface area (Å²) in [7, 11) is 0. The van der Waals surface area contributed by atoms with Gasteiger partial charge in [-0.2, -0.15) is 0 Å². The highest BCUT2D eigenvalue weighted by molar-refractivity contribution is 5.57. The maximum Gasteiger partial charge on any atom is 0.123 e. The molecule has 0 fully saturated rings. The first kappa shape index (κ1) is 14.0. The molecular formula is C14H22FNO. The van der Waals surface area contributed by atoms with E-state index >= 15 is 0 Å². The lowest BCUT2D eigenvalue weighted by Crippen LogP contribution is -2.12. The highest BCUT2D eigenvalue weighted by Gasteiger charge is 2.06. The third kappa shape index (κ3) is 4.35. The summed E-state index contributed by atoms with van der Waals surface area (Å²) in [4.78, 5) is 0. The Morgan fingerprint density at radius 2 is 2.00 bits per heavy atom. The van der Waals surface area contributed by atoms with Crippen LogP contribution < -0.4 is 5.32 Å². The molecule has 0 saturated carbocycles. The van der Waals surface area contributed by atoms with Crippen LogP contribution in [0.5, 0.6) is 0 Å². The molecular weight excluding hydrogens is 217 g/mol. The Labute approximate surface area is 103 Å². The van der Waals surface area contributed by atoms with Crippen LogP contribution >= 0.6 is 0 Å². The van der Waals surface area contributed by atoms with Crippen molar-refractivity contribution in [3.63, 3.8) is 0 Å². The van der Waals surface area contributed by atoms with Crippen molar-refractivity contribution in [2.75, 3.05) is 25.1 Å². The lowest BCUT2D eigenvalue weighted by Gasteiger charge is -2.14. The average Bonchev–Trinajstić information content (AvgIpc) is 2.30. The normalized spacial score (nSPS) is 10.6. The highest BCUT2D eigenvalue weighted by atomic mass is 19.1. The second-order valence-corrected chi connectivity index (χ2v) is 4.15. The van der Waals surface area contributed by atoms with Gasteiger partial charge >= 0.3 is 0 Å². The Bertz CT molecular complexity index is 352. The SMILES string of the molecule is CCCOCCNc1c(C)cc(F)cc1CC. The van der Waals surface area contributed by atoms with Gasteiger partial charge < -0.3 is 10.1 Å². The molecule has 0 atom stereocenters. The fraction of sp³-hybridized carbons (Fsp3) is 0.571. The second kappa shape index (κ2) is 7.28. The van der Waals surface area contributed by atoms with Crippen LogP contribution in [-0.4, -0.2) is 19.8 Å². The minimum atomic E-state index is -0.160. The number of benzene rings is 1. The summed E-state index contributed by atoms with van der Waals surface area (Å²) in [5, 5.41) is 3.33. The highest BCUT2D eigenvalue weighted by Crippen LogP contribution is 2.22. The number of rotatable bonds is 7. The first-order valence-corrected chi connectivity index (χ1v) is 6.29. The van der Waals surface area contributed by atoms with Gasteiger partial charge in [0.25, 0.3) is 0 Å². The Kier molecular flexibility index (Phi) is 5.98. The summed E-state index contributed by atoms with van der Waals surface area (Å²) < 4.78 is 18.6. The smallest absolute Gasteiger partial charge is 0.123 e. The number of nitrogens with one attached hydrogen (secondary N) is 1. The molecule has 0 heterocycles. The summed E-state index contributed by atoms with van der Waals surface area (Å²) in [6.07, 6.45) is 1.87. The minimum absolute atomic E-state index is 0.160. The Hall–Kier alpha value is -1.09. The number of halogens is 1. The number of aryl methyl sites for hydroxylation is 2. The van der Waals surface area contributed by atoms with E-state index < -0.39 is 0 Å². The van der Waals surface area contributed by atoms with Gasteiger partial charge in [0.1, 0.15) is 5.82 Å². The van der Waals surface area contributed by atoms with Crippen molar-refractivity contribution < 1.29 is 9.13 Å². The summed E-state index contributed by atoms with van der Waals surface area (Å²) in [5.74, 6) is -0.160. The third-order valence-electron chi connectivity index (χ3n) is 2.66. The van der Waals surface area contributed by atoms with Crippen molar-refractivity contribution in [1.82, 2.24) is 0 Å². The van der Waals surface area contributed by atoms with E-state index in [9.17, 15) is 4.39 Å². The predicted molar refractivity (Wildman–Crippen MR) is 70.1 cm³/mol. The molecule has 17 heavy (non-hydrogen) atoms. The maximum absolute atomic E-state index is 13.2. The van der Waals surface area contributed by atoms with Crippen LogP contribution in [0.15, 0.2) is 12.1 Å². The molecule has 1 aromatic carbocycles. The summed E-state index contributed by atoms with van der Waals surface area (Å²) in [6.45, 7) is 8.30. The maximum atomic E-state index is 13.2. The lowest BCUT2D eigenvalue weighted by molar-refractivity contribution is 0.144. The van der Waals surface area contributed by atoms with Gasteiger partial charge in [-0.05, 0) is 43.0 Å². The fourth-order valence-electron chi connectivity index (χ4n) is 1.84. The molecule has 0 aliphatic carbocycles. The van der Waals surface area contributed by atoms with Crippen molar-refractivity contribution in [2.45, 2.75) is 33.6 Å². The molecule has 96 valence electrons. The van der Waals surface area contributed by atoms with E-state index in [4.69, 9.17) is 4.74 Å². The van der Waals surface area contributed by atoms with Gasteiger partial charge in [-0.1, -0.05) is 13.8 Å². The van der Waals surface area contributed by atoms with Crippen molar-refractivity contribution in [1.29, 1.82) is 0 Å². The fourth-order valence-corrected chi connectivity index (χ4v) is 1.84. The third-order valence-corrected chi connectivity index (χ3v) is 2.66. The molecule has 0 radical (unpaired) electrons. The standard InChI is InChI=1S/C14H22FNO/c1-4-7-17-8-6-16-14-11(3)9-13(15)10-12(14)5-2/h9-10,16H,4-8H2,1-3H3. The first-order valence-electron chi connectivity index (χ1n) is 6.29. The second-order valence-electron chi connectivity index (χ2n) is 4.15. The van der Waals surface area contributed by atoms with Crippen molar-refractivity contribution in [3.8, 4) is 0 Å². The zero-order valence-electron chi connectivity index (χ0n) is 11.0. The van der Waals surface area contributed by atoms with Crippen LogP contribution in [0.4, 0.5) is 10.1 Å². The minimum Gasteiger partial charge on any atom is -0.382 e. The molecule has 1 N–H and O–H groups in total. The van der Waals surface area contributed by atoms with E-state index in [0.717, 1.165) is 42.8 Å². The van der Waals surface area contributed by atoms with Gasteiger partial charge in [0, 0.05) is 18.8 Å². The quantitative estimate of drug-likeness (QED) is 0.735. The van der Waals surface area contributed by atoms with E-state index in [2.05, 4.69) is 12.2 Å². The molecule has 0 saturated heterocycles. The van der Waals surface area contributed by atoms with Crippen LogP contribution in [0.3, 0.4) is 0 Å². The Balaban J connectivity index is 2.57. The van der Waals surface area contributed by atoms with Gasteiger partial charge in [-0.15, -0.1) is 0 Å². The van der Waals surface area contributed by atoms with E-state index in [1.165, 1.54) is 0 Å². The van der Waals surface area contributed by atoms with Crippen LogP contribution in [0.2, 0.25) is 0 Å². The summed E-state index contributed by atoms with van der Waals surface area (Å²) in [6, 6.07) is 3.16. The summed E-state index contributed by atoms with van der Waals surface area (Å²) >= 11 is 0. The van der Waals surface area contributed by atoms with Crippen LogP contribution in [0.1, 0.15) is 31.4 Å². The average molecular weight is 239 g/mol. The topological polar surface area (TPSA) is 21.3 Å². The van der Waals surface area contributed by atoms with Crippen LogP contribution in [0.25, 0.3) is 0 Å². The Morgan fingerprint density at radius 1 is 1.24 bits per heavy atom. The molecule has 1 aromatic rings. The van der Waals surface area contributed by atoms with E-state index in [0.29, 0.717) is 6.61 Å². The van der Waals surface area contributed by atoms with Crippen LogP contribution in [0, 0.1) is 12.7 Å². The Morgan fingerprint density at radius 3 is 2.65 bits per heavy atom. The van der Waals surface area contributed by atoms with Gasteiger partial charge in [-0.3, -0.25) is 0 Å². The molecule has 2 nitrogen and oxygen atoms in total. The number of hydrogen-bond acceptors (Lipinski definition) is 2. The molecule has 1 rings (SSSR count). The first-order chi connectivity index (χ1) is 8.19. The molecule has 0 aliphatic heterocycles. The van der Waals surface area contributed by atoms with Gasteiger partial charge in [-0.25, -0.2) is 4.39 Å². The van der Waals surface area contributed by atoms with Crippen molar-refractivity contribution in [3.05, 3.63) is 29.1 Å². The monoisotopic (exact) mass is 239 g/mol. The van der Waals surface area contributed by atoms with Crippen LogP contribution in [-0.2, 0) is 11.2 Å². The molecule has 0 amide bonds. The molecule has 0 bridgehead atoms. The molecule has 0 spiro atoms. The molecule has 3 heteroatoms. The zero-order valence-corrected chi connectivity index (χ0v) is 11.0. The zero-order chi connectivity index (χ0) is 12.7. The van der Waals surface area contributed by atoms with E-state index in [1.807, 2.05) is 13.8 Å². The number of hydrogen-bond donors (Lipinski definition) is 1. The van der Waals surface area contributed by atoms with E-state index in [1.54, 1.807) is 12.1 Å². The largest absolute Gasteiger partial charge is 0.382 e. The van der Waals surface area contributed by atoms with E-state index in [-0.39, 0.29) is 5.82 Å². The van der Waals surface area contributed by atoms with Gasteiger partial charge in [0.15, 0.2) is 0 Å². The van der Waals surface area contributed by atoms with Crippen molar-refractivity contribution in [2.24, 2.45) is 0 Å². The molecule has 0 aromatic heterocycles. The van der Waals surface area contributed by atoms with Gasteiger partial charge in [0.2, 0.25) is 0 Å². The lowest BCUT2D eigenvalue weighted by atomic mass is 10.1. The molecule has 0 unspecified atom stereocenters. The molecule has 0 aliphatic rings. The summed E-state index contributed by atoms with van der Waals surface area (Å²) in [5.41, 5.74) is 3.03. The number of anilines is 1. The number of ether oxygens (including phenoxy) is 1. The predicted octanol–water partition coefficient (Wildman–Crippen LogP) is 3.54. The van der Waals surface area contributed by atoms with Crippen molar-refractivity contribution >= 4 is 5.69 Å². The van der Waals surface area contributed by atoms with Gasteiger partial charge in [0.05, 0.1) is 6.61 Å².